The first kappa shape index (κ1) is 21.8. The fourth-order valence-electron chi connectivity index (χ4n) is 2.62. The lowest BCUT2D eigenvalue weighted by atomic mass is 10.1. The first-order chi connectivity index (χ1) is 13.9. The number of amides is 1. The molecule has 29 heavy (non-hydrogen) atoms. The van der Waals surface area contributed by atoms with Gasteiger partial charge in [-0.1, -0.05) is 37.6 Å². The smallest absolute Gasteiger partial charge is 0.410 e. The number of hydrogen-bond acceptors (Lipinski definition) is 6. The molecule has 0 N–H and O–H groups in total. The summed E-state index contributed by atoms with van der Waals surface area (Å²) in [7, 11) is 0. The molecule has 0 aromatic heterocycles. The van der Waals surface area contributed by atoms with Gasteiger partial charge in [0, 0.05) is 37.4 Å². The molecule has 0 radical (unpaired) electrons. The molecule has 0 atom stereocenters. The van der Waals surface area contributed by atoms with Crippen LogP contribution >= 0.6 is 0 Å². The summed E-state index contributed by atoms with van der Waals surface area (Å²) in [5, 5.41) is 21.5. The average Bonchev–Trinajstić information content (AvgIpc) is 2.71. The SMILES string of the molecule is CCCCOC(=O)N(CCc1ccc([N+](=O)[O-])cc1)Cc1ccc([N+](=O)[O-])cc1. The molecule has 0 saturated heterocycles. The minimum atomic E-state index is -0.477. The first-order valence-electron chi connectivity index (χ1n) is 9.29. The van der Waals surface area contributed by atoms with E-state index >= 15 is 0 Å². The Bertz CT molecular complexity index is 836. The number of nitro groups is 2. The van der Waals surface area contributed by atoms with Gasteiger partial charge in [-0.05, 0) is 24.0 Å². The van der Waals surface area contributed by atoms with Crippen LogP contribution in [0.4, 0.5) is 16.2 Å². The Kier molecular flexibility index (Phi) is 8.08. The molecule has 0 aliphatic carbocycles. The van der Waals surface area contributed by atoms with Crippen molar-refractivity contribution in [2.75, 3.05) is 13.2 Å². The molecule has 0 saturated carbocycles. The molecule has 0 aliphatic heterocycles. The van der Waals surface area contributed by atoms with Gasteiger partial charge in [-0.15, -0.1) is 0 Å². The molecule has 2 rings (SSSR count). The maximum absolute atomic E-state index is 12.5. The molecule has 154 valence electrons. The lowest BCUT2D eigenvalue weighted by Gasteiger charge is -2.22. The van der Waals surface area contributed by atoms with Gasteiger partial charge in [0.1, 0.15) is 0 Å². The summed E-state index contributed by atoms with van der Waals surface area (Å²) in [6.07, 6.45) is 1.70. The maximum Gasteiger partial charge on any atom is 0.410 e. The molecule has 0 fully saturated rings. The highest BCUT2D eigenvalue weighted by molar-refractivity contribution is 5.67. The van der Waals surface area contributed by atoms with Crippen LogP contribution in [0.1, 0.15) is 30.9 Å². The van der Waals surface area contributed by atoms with E-state index in [0.29, 0.717) is 19.6 Å². The van der Waals surface area contributed by atoms with Crippen LogP contribution in [0.15, 0.2) is 48.5 Å². The van der Waals surface area contributed by atoms with Crippen LogP contribution < -0.4 is 0 Å². The number of non-ortho nitro benzene ring substituents is 2. The van der Waals surface area contributed by atoms with E-state index in [1.54, 1.807) is 24.3 Å². The van der Waals surface area contributed by atoms with Gasteiger partial charge < -0.3 is 9.64 Å². The van der Waals surface area contributed by atoms with Crippen LogP contribution in [0.25, 0.3) is 0 Å². The van der Waals surface area contributed by atoms with Crippen molar-refractivity contribution < 1.29 is 19.4 Å². The molecule has 0 bridgehead atoms. The van der Waals surface area contributed by atoms with Crippen LogP contribution in [0, 0.1) is 20.2 Å². The van der Waals surface area contributed by atoms with Crippen LogP contribution in [0.2, 0.25) is 0 Å². The van der Waals surface area contributed by atoms with E-state index in [-0.39, 0.29) is 17.9 Å². The Balaban J connectivity index is 2.06. The Morgan fingerprint density at radius 3 is 1.93 bits per heavy atom. The summed E-state index contributed by atoms with van der Waals surface area (Å²) in [6.45, 7) is 2.91. The van der Waals surface area contributed by atoms with Crippen molar-refractivity contribution in [2.45, 2.75) is 32.7 Å². The lowest BCUT2D eigenvalue weighted by molar-refractivity contribution is -0.385. The van der Waals surface area contributed by atoms with Gasteiger partial charge in [0.15, 0.2) is 0 Å². The molecule has 2 aromatic carbocycles. The lowest BCUT2D eigenvalue weighted by Crippen LogP contribution is -2.33. The van der Waals surface area contributed by atoms with E-state index in [1.807, 2.05) is 6.92 Å². The molecular weight excluding hydrogens is 378 g/mol. The van der Waals surface area contributed by atoms with Gasteiger partial charge in [0.25, 0.3) is 11.4 Å². The second-order valence-electron chi connectivity index (χ2n) is 6.49. The van der Waals surface area contributed by atoms with Crippen molar-refractivity contribution in [3.05, 3.63) is 79.9 Å². The zero-order chi connectivity index (χ0) is 21.2. The number of nitrogens with zero attached hydrogens (tertiary/aromatic N) is 3. The van der Waals surface area contributed by atoms with Gasteiger partial charge in [0.2, 0.25) is 0 Å². The fraction of sp³-hybridized carbons (Fsp3) is 0.350. The summed E-state index contributed by atoms with van der Waals surface area (Å²) in [5.41, 5.74) is 1.59. The number of carbonyl (C=O) groups is 1. The molecule has 9 nitrogen and oxygen atoms in total. The Morgan fingerprint density at radius 1 is 0.931 bits per heavy atom. The Labute approximate surface area is 168 Å². The number of carbonyl (C=O) groups excluding carboxylic acids is 1. The minimum absolute atomic E-state index is 0.00969. The summed E-state index contributed by atoms with van der Waals surface area (Å²) in [4.78, 5) is 34.6. The van der Waals surface area contributed by atoms with E-state index in [9.17, 15) is 25.0 Å². The van der Waals surface area contributed by atoms with Crippen molar-refractivity contribution in [1.82, 2.24) is 4.90 Å². The molecule has 2 aromatic rings. The molecular formula is C20H23N3O6. The third-order valence-corrected chi connectivity index (χ3v) is 4.32. The molecule has 0 heterocycles. The van der Waals surface area contributed by atoms with Gasteiger partial charge in [-0.25, -0.2) is 4.79 Å². The standard InChI is InChI=1S/C20H23N3O6/c1-2-3-14-29-20(24)21(15-17-6-10-19(11-7-17)23(27)28)13-12-16-4-8-18(9-5-16)22(25)26/h4-11H,2-3,12-15H2,1H3. The summed E-state index contributed by atoms with van der Waals surface area (Å²) >= 11 is 0. The summed E-state index contributed by atoms with van der Waals surface area (Å²) in [6, 6.07) is 12.2. The van der Waals surface area contributed by atoms with Gasteiger partial charge in [-0.3, -0.25) is 20.2 Å². The fourth-order valence-corrected chi connectivity index (χ4v) is 2.62. The normalized spacial score (nSPS) is 10.4. The highest BCUT2D eigenvalue weighted by Crippen LogP contribution is 2.16. The predicted octanol–water partition coefficient (Wildman–Crippen LogP) is 4.48. The molecule has 0 aliphatic rings. The highest BCUT2D eigenvalue weighted by atomic mass is 16.6. The summed E-state index contributed by atoms with van der Waals surface area (Å²) in [5.74, 6) is 0. The van der Waals surface area contributed by atoms with E-state index < -0.39 is 15.9 Å². The van der Waals surface area contributed by atoms with Crippen molar-refractivity contribution in [3.8, 4) is 0 Å². The number of rotatable bonds is 10. The van der Waals surface area contributed by atoms with Gasteiger partial charge in [0.05, 0.1) is 16.5 Å². The Morgan fingerprint density at radius 2 is 1.45 bits per heavy atom. The predicted molar refractivity (Wildman–Crippen MR) is 107 cm³/mol. The Hall–Kier alpha value is -3.49. The zero-order valence-electron chi connectivity index (χ0n) is 16.2. The van der Waals surface area contributed by atoms with Crippen molar-refractivity contribution >= 4 is 17.5 Å². The molecule has 1 amide bonds. The second kappa shape index (κ2) is 10.7. The zero-order valence-corrected chi connectivity index (χ0v) is 16.2. The number of nitro benzene ring substituents is 2. The third kappa shape index (κ3) is 6.87. The van der Waals surface area contributed by atoms with Crippen LogP contribution in [-0.2, 0) is 17.7 Å². The molecule has 0 unspecified atom stereocenters. The van der Waals surface area contributed by atoms with Crippen LogP contribution in [0.3, 0.4) is 0 Å². The van der Waals surface area contributed by atoms with E-state index in [1.165, 1.54) is 29.2 Å². The average molecular weight is 401 g/mol. The maximum atomic E-state index is 12.5. The number of benzene rings is 2. The number of hydrogen-bond donors (Lipinski definition) is 0. The molecule has 0 spiro atoms. The third-order valence-electron chi connectivity index (χ3n) is 4.32. The first-order valence-corrected chi connectivity index (χ1v) is 9.29. The number of unbranched alkanes of at least 4 members (excludes halogenated alkanes) is 1. The molecule has 9 heteroatoms. The van der Waals surface area contributed by atoms with E-state index in [4.69, 9.17) is 4.74 Å². The topological polar surface area (TPSA) is 116 Å². The number of ether oxygens (including phenoxy) is 1. The largest absolute Gasteiger partial charge is 0.449 e. The van der Waals surface area contributed by atoms with Crippen LogP contribution in [0.5, 0.6) is 0 Å². The van der Waals surface area contributed by atoms with Crippen molar-refractivity contribution in [2.24, 2.45) is 0 Å². The summed E-state index contributed by atoms with van der Waals surface area (Å²) < 4.78 is 5.31. The second-order valence-corrected chi connectivity index (χ2v) is 6.49. The monoisotopic (exact) mass is 401 g/mol. The van der Waals surface area contributed by atoms with E-state index in [0.717, 1.165) is 24.0 Å². The van der Waals surface area contributed by atoms with Crippen LogP contribution in [-0.4, -0.2) is 34.0 Å². The highest BCUT2D eigenvalue weighted by Gasteiger charge is 2.16. The van der Waals surface area contributed by atoms with Gasteiger partial charge in [-0.2, -0.15) is 0 Å². The van der Waals surface area contributed by atoms with E-state index in [2.05, 4.69) is 0 Å². The van der Waals surface area contributed by atoms with Crippen molar-refractivity contribution in [3.63, 3.8) is 0 Å². The van der Waals surface area contributed by atoms with Crippen molar-refractivity contribution in [1.29, 1.82) is 0 Å². The minimum Gasteiger partial charge on any atom is -0.449 e. The van der Waals surface area contributed by atoms with Gasteiger partial charge >= 0.3 is 6.09 Å². The quantitative estimate of drug-likeness (QED) is 0.329.